The third-order valence-electron chi connectivity index (χ3n) is 4.75. The lowest BCUT2D eigenvalue weighted by molar-refractivity contribution is 0.0597. The largest absolute Gasteiger partial charge is 0.271 e. The summed E-state index contributed by atoms with van der Waals surface area (Å²) in [5.74, 6) is -0.454. The van der Waals surface area contributed by atoms with Gasteiger partial charge in [-0.1, -0.05) is 48.5 Å². The van der Waals surface area contributed by atoms with Crippen LogP contribution in [0.5, 0.6) is 0 Å². The van der Waals surface area contributed by atoms with Gasteiger partial charge in [0, 0.05) is 11.4 Å². The minimum absolute atomic E-state index is 0.215. The van der Waals surface area contributed by atoms with Crippen LogP contribution in [0, 0.1) is 6.92 Å². The Morgan fingerprint density at radius 3 is 2.32 bits per heavy atom. The summed E-state index contributed by atoms with van der Waals surface area (Å²) in [5.41, 5.74) is 3.40. The van der Waals surface area contributed by atoms with Gasteiger partial charge in [-0.15, -0.1) is 0 Å². The first-order chi connectivity index (χ1) is 12.1. The van der Waals surface area contributed by atoms with Gasteiger partial charge in [-0.3, -0.25) is 19.5 Å². The number of carbonyl (C=O) groups excluding carboxylic acids is 2. The van der Waals surface area contributed by atoms with Gasteiger partial charge < -0.3 is 0 Å². The van der Waals surface area contributed by atoms with E-state index in [9.17, 15) is 9.59 Å². The molecule has 0 spiro atoms. The summed E-state index contributed by atoms with van der Waals surface area (Å²) >= 11 is 0. The van der Waals surface area contributed by atoms with Crippen LogP contribution in [-0.4, -0.2) is 27.7 Å². The van der Waals surface area contributed by atoms with E-state index >= 15 is 0 Å². The fourth-order valence-corrected chi connectivity index (χ4v) is 3.60. The second-order valence-corrected chi connectivity index (χ2v) is 6.48. The number of para-hydroxylation sites is 1. The zero-order chi connectivity index (χ0) is 17.6. The Labute approximate surface area is 146 Å². The maximum Gasteiger partial charge on any atom is 0.263 e. The van der Waals surface area contributed by atoms with Crippen molar-refractivity contribution >= 4 is 22.7 Å². The molecule has 1 aliphatic rings. The summed E-state index contributed by atoms with van der Waals surface area (Å²) < 4.78 is 0. The average molecular weight is 330 g/mol. The highest BCUT2D eigenvalue weighted by Crippen LogP contribution is 2.32. The van der Waals surface area contributed by atoms with E-state index in [0.717, 1.165) is 16.5 Å². The Hall–Kier alpha value is -3.01. The molecule has 2 heterocycles. The minimum Gasteiger partial charge on any atom is -0.271 e. The molecular weight excluding hydrogens is 312 g/mol. The lowest BCUT2D eigenvalue weighted by atomic mass is 10.0. The van der Waals surface area contributed by atoms with E-state index in [2.05, 4.69) is 4.98 Å². The van der Waals surface area contributed by atoms with Gasteiger partial charge in [-0.05, 0) is 31.9 Å². The van der Waals surface area contributed by atoms with Crippen molar-refractivity contribution in [1.82, 2.24) is 9.88 Å². The maximum absolute atomic E-state index is 13.1. The fourth-order valence-electron chi connectivity index (χ4n) is 3.60. The lowest BCUT2D eigenvalue weighted by Crippen LogP contribution is -2.39. The molecule has 25 heavy (non-hydrogen) atoms. The van der Waals surface area contributed by atoms with E-state index in [-0.39, 0.29) is 17.9 Å². The van der Waals surface area contributed by atoms with Crippen LogP contribution in [0.15, 0.2) is 54.6 Å². The highest BCUT2D eigenvalue weighted by molar-refractivity contribution is 6.26. The molecule has 0 unspecified atom stereocenters. The number of hydrogen-bond acceptors (Lipinski definition) is 3. The molecule has 1 atom stereocenters. The van der Waals surface area contributed by atoms with Crippen molar-refractivity contribution in [3.8, 4) is 0 Å². The molecule has 3 aromatic rings. The molecule has 1 aromatic heterocycles. The van der Waals surface area contributed by atoms with Crippen LogP contribution in [-0.2, 0) is 6.42 Å². The summed E-state index contributed by atoms with van der Waals surface area (Å²) in [6.45, 7) is 3.71. The molecule has 4 heteroatoms. The zero-order valence-corrected chi connectivity index (χ0v) is 14.2. The SMILES string of the molecule is Cc1nc2ccccc2c2c1C(=O)N([C@H](C)Cc1ccccc1)C2=O. The molecule has 0 N–H and O–H groups in total. The van der Waals surface area contributed by atoms with Gasteiger partial charge in [0.15, 0.2) is 0 Å². The Kier molecular flexibility index (Phi) is 3.61. The van der Waals surface area contributed by atoms with Gasteiger partial charge in [0.2, 0.25) is 0 Å². The molecular formula is C21H18N2O2. The van der Waals surface area contributed by atoms with E-state index in [1.54, 1.807) is 6.92 Å². The summed E-state index contributed by atoms with van der Waals surface area (Å²) in [6, 6.07) is 17.2. The number of benzene rings is 2. The van der Waals surface area contributed by atoms with Crippen LogP contribution >= 0.6 is 0 Å². The fraction of sp³-hybridized carbons (Fsp3) is 0.190. The van der Waals surface area contributed by atoms with Crippen molar-refractivity contribution in [3.63, 3.8) is 0 Å². The van der Waals surface area contributed by atoms with Crippen molar-refractivity contribution in [1.29, 1.82) is 0 Å². The number of nitrogens with zero attached hydrogens (tertiary/aromatic N) is 2. The first kappa shape index (κ1) is 15.5. The number of fused-ring (bicyclic) bond motifs is 3. The predicted octanol–water partition coefficient (Wildman–Crippen LogP) is 3.77. The van der Waals surface area contributed by atoms with Gasteiger partial charge in [-0.2, -0.15) is 0 Å². The van der Waals surface area contributed by atoms with E-state index in [0.29, 0.717) is 23.2 Å². The molecule has 0 saturated carbocycles. The average Bonchev–Trinajstić information content (AvgIpc) is 2.88. The van der Waals surface area contributed by atoms with Crippen molar-refractivity contribution in [3.05, 3.63) is 77.0 Å². The standard InChI is InChI=1S/C21H18N2O2/c1-13(12-15-8-4-3-5-9-15)23-20(24)18-14(2)22-17-11-7-6-10-16(17)19(18)21(23)25/h3-11,13H,12H2,1-2H3/t13-/m1/s1. The molecule has 0 fully saturated rings. The van der Waals surface area contributed by atoms with Crippen LogP contribution in [0.3, 0.4) is 0 Å². The van der Waals surface area contributed by atoms with Crippen LogP contribution in [0.25, 0.3) is 10.9 Å². The van der Waals surface area contributed by atoms with Gasteiger partial charge in [0.1, 0.15) is 0 Å². The topological polar surface area (TPSA) is 50.3 Å². The number of pyridine rings is 1. The molecule has 2 amide bonds. The zero-order valence-electron chi connectivity index (χ0n) is 14.2. The normalized spacial score (nSPS) is 14.9. The first-order valence-corrected chi connectivity index (χ1v) is 8.39. The van der Waals surface area contributed by atoms with Crippen molar-refractivity contribution in [2.75, 3.05) is 0 Å². The number of amides is 2. The molecule has 0 aliphatic carbocycles. The van der Waals surface area contributed by atoms with Gasteiger partial charge in [0.25, 0.3) is 11.8 Å². The monoisotopic (exact) mass is 330 g/mol. The number of carbonyl (C=O) groups is 2. The van der Waals surface area contributed by atoms with Crippen LogP contribution < -0.4 is 0 Å². The number of hydrogen-bond donors (Lipinski definition) is 0. The second-order valence-electron chi connectivity index (χ2n) is 6.48. The first-order valence-electron chi connectivity index (χ1n) is 8.39. The highest BCUT2D eigenvalue weighted by Gasteiger charge is 2.41. The summed E-state index contributed by atoms with van der Waals surface area (Å²) in [5, 5.41) is 0.746. The van der Waals surface area contributed by atoms with E-state index in [1.165, 1.54) is 4.90 Å². The van der Waals surface area contributed by atoms with E-state index in [4.69, 9.17) is 0 Å². The lowest BCUT2D eigenvalue weighted by Gasteiger charge is -2.22. The van der Waals surface area contributed by atoms with E-state index < -0.39 is 0 Å². The van der Waals surface area contributed by atoms with Gasteiger partial charge in [0.05, 0.1) is 22.3 Å². The highest BCUT2D eigenvalue weighted by atomic mass is 16.2. The molecule has 2 aromatic carbocycles. The van der Waals surface area contributed by atoms with Crippen LogP contribution in [0.1, 0.15) is 38.9 Å². The van der Waals surface area contributed by atoms with Gasteiger partial charge >= 0.3 is 0 Å². The quantitative estimate of drug-likeness (QED) is 0.687. The molecule has 4 nitrogen and oxygen atoms in total. The molecule has 0 radical (unpaired) electrons. The van der Waals surface area contributed by atoms with Gasteiger partial charge in [-0.25, -0.2) is 0 Å². The Morgan fingerprint density at radius 1 is 0.920 bits per heavy atom. The van der Waals surface area contributed by atoms with E-state index in [1.807, 2.05) is 61.5 Å². The molecule has 0 saturated heterocycles. The van der Waals surface area contributed by atoms with Crippen molar-refractivity contribution < 1.29 is 9.59 Å². The second kappa shape index (κ2) is 5.81. The molecule has 4 rings (SSSR count). The predicted molar refractivity (Wildman–Crippen MR) is 96.6 cm³/mol. The summed E-state index contributed by atoms with van der Waals surface area (Å²) in [6.07, 6.45) is 0.636. The Morgan fingerprint density at radius 2 is 1.56 bits per heavy atom. The number of rotatable bonds is 3. The number of imide groups is 1. The maximum atomic E-state index is 13.1. The number of aryl methyl sites for hydroxylation is 1. The Balaban J connectivity index is 1.77. The third-order valence-corrected chi connectivity index (χ3v) is 4.75. The van der Waals surface area contributed by atoms with Crippen LogP contribution in [0.4, 0.5) is 0 Å². The van der Waals surface area contributed by atoms with Crippen molar-refractivity contribution in [2.45, 2.75) is 26.3 Å². The molecule has 0 bridgehead atoms. The Bertz CT molecular complexity index is 995. The summed E-state index contributed by atoms with van der Waals surface area (Å²) in [4.78, 5) is 31.9. The number of aromatic nitrogens is 1. The summed E-state index contributed by atoms with van der Waals surface area (Å²) in [7, 11) is 0. The molecule has 124 valence electrons. The molecule has 1 aliphatic heterocycles. The minimum atomic E-state index is -0.237. The third kappa shape index (κ3) is 2.41. The smallest absolute Gasteiger partial charge is 0.263 e. The van der Waals surface area contributed by atoms with Crippen LogP contribution in [0.2, 0.25) is 0 Å². The van der Waals surface area contributed by atoms with Crippen molar-refractivity contribution in [2.24, 2.45) is 0 Å².